The third-order valence-electron chi connectivity index (χ3n) is 5.18. The summed E-state index contributed by atoms with van der Waals surface area (Å²) in [5.74, 6) is -2.59. The fourth-order valence-electron chi connectivity index (χ4n) is 3.36. The van der Waals surface area contributed by atoms with Crippen molar-refractivity contribution >= 4 is 29.5 Å². The van der Waals surface area contributed by atoms with Gasteiger partial charge in [0, 0.05) is 26.4 Å². The molecule has 0 bridgehead atoms. The van der Waals surface area contributed by atoms with Gasteiger partial charge in [0.05, 0.1) is 0 Å². The van der Waals surface area contributed by atoms with E-state index in [9.17, 15) is 29.1 Å². The molecule has 192 valence electrons. The summed E-state index contributed by atoms with van der Waals surface area (Å²) in [6.07, 6.45) is -1.64. The first-order valence-electron chi connectivity index (χ1n) is 11.3. The highest BCUT2D eigenvalue weighted by atomic mass is 16.6. The van der Waals surface area contributed by atoms with E-state index < -0.39 is 47.9 Å². The first-order valence-corrected chi connectivity index (χ1v) is 11.3. The van der Waals surface area contributed by atoms with Crippen molar-refractivity contribution in [3.8, 4) is 5.75 Å². The number of ether oxygens (including phenoxy) is 1. The average Bonchev–Trinajstić information content (AvgIpc) is 3.57. The Bertz CT molecular complexity index is 935. The molecule has 12 heteroatoms. The molecule has 35 heavy (non-hydrogen) atoms. The number of benzene rings is 1. The predicted octanol–water partition coefficient (Wildman–Crippen LogP) is -1.54. The Morgan fingerprint density at radius 2 is 1.54 bits per heavy atom. The largest absolute Gasteiger partial charge is 0.508 e. The van der Waals surface area contributed by atoms with Crippen molar-refractivity contribution in [3.63, 3.8) is 0 Å². The fraction of sp³-hybridized carbons (Fsp3) is 0.522. The number of hydrogen-bond acceptors (Lipinski definition) is 7. The summed E-state index contributed by atoms with van der Waals surface area (Å²) in [6, 6.07) is 4.13. The molecule has 4 atom stereocenters. The third-order valence-corrected chi connectivity index (χ3v) is 5.18. The van der Waals surface area contributed by atoms with Crippen LogP contribution in [0, 0.1) is 5.92 Å². The number of nitrogens with one attached hydrogen (secondary N) is 4. The van der Waals surface area contributed by atoms with Crippen molar-refractivity contribution in [2.45, 2.75) is 57.9 Å². The Morgan fingerprint density at radius 1 is 0.943 bits per heavy atom. The van der Waals surface area contributed by atoms with Gasteiger partial charge < -0.3 is 36.8 Å². The summed E-state index contributed by atoms with van der Waals surface area (Å²) in [5, 5.41) is 19.7. The quantitative estimate of drug-likeness (QED) is 0.142. The number of rotatable bonds is 13. The monoisotopic (exact) mass is 491 g/mol. The van der Waals surface area contributed by atoms with Crippen LogP contribution in [0.1, 0.15) is 32.8 Å². The molecule has 7 N–H and O–H groups in total. The van der Waals surface area contributed by atoms with Gasteiger partial charge in [0.1, 0.15) is 17.8 Å². The Morgan fingerprint density at radius 3 is 2.11 bits per heavy atom. The molecule has 2 rings (SSSR count). The summed E-state index contributed by atoms with van der Waals surface area (Å²) in [4.78, 5) is 60.4. The van der Waals surface area contributed by atoms with Crippen molar-refractivity contribution in [1.82, 2.24) is 21.3 Å². The Labute approximate surface area is 203 Å². The van der Waals surface area contributed by atoms with Gasteiger partial charge >= 0.3 is 0 Å². The second kappa shape index (κ2) is 12.7. The first-order chi connectivity index (χ1) is 16.5. The second-order valence-corrected chi connectivity index (χ2v) is 8.78. The number of epoxide rings is 1. The standard InChI is InChI=1S/C23H33N5O7/c1-12(2)10-17(21(32)27-16(20(24)31)11-14-4-6-15(30)7-5-14)28-23(34)19-18(35-19)22(33)26-9-8-25-13(3)29/h4-7,12,16-19,30H,8-11H2,1-3H3,(H2,24,31)(H,25,29)(H,26,33)(H,27,32)(H,28,34)/t16?,17-,18?,19?/m0/s1. The second-order valence-electron chi connectivity index (χ2n) is 8.78. The molecule has 1 aliphatic heterocycles. The molecule has 1 fully saturated rings. The average molecular weight is 492 g/mol. The zero-order valence-electron chi connectivity index (χ0n) is 20.0. The van der Waals surface area contributed by atoms with Crippen LogP contribution in [-0.4, -0.2) is 72.0 Å². The number of phenolic OH excluding ortho intramolecular Hbond substituents is 1. The van der Waals surface area contributed by atoms with Gasteiger partial charge in [-0.05, 0) is 30.0 Å². The van der Waals surface area contributed by atoms with Crippen molar-refractivity contribution in [2.24, 2.45) is 11.7 Å². The lowest BCUT2D eigenvalue weighted by Gasteiger charge is -2.23. The van der Waals surface area contributed by atoms with Crippen molar-refractivity contribution < 1.29 is 33.8 Å². The molecule has 0 spiro atoms. The molecule has 1 saturated heterocycles. The maximum atomic E-state index is 12.9. The zero-order chi connectivity index (χ0) is 26.1. The maximum absolute atomic E-state index is 12.9. The smallest absolute Gasteiger partial charge is 0.253 e. The Kier molecular flexibility index (Phi) is 10.0. The first kappa shape index (κ1) is 27.6. The van der Waals surface area contributed by atoms with E-state index in [-0.39, 0.29) is 43.5 Å². The van der Waals surface area contributed by atoms with Crippen molar-refractivity contribution in [3.05, 3.63) is 29.8 Å². The fourth-order valence-corrected chi connectivity index (χ4v) is 3.36. The van der Waals surface area contributed by atoms with Crippen LogP contribution in [0.5, 0.6) is 5.75 Å². The predicted molar refractivity (Wildman–Crippen MR) is 125 cm³/mol. The summed E-state index contributed by atoms with van der Waals surface area (Å²) < 4.78 is 5.17. The van der Waals surface area contributed by atoms with Gasteiger partial charge in [-0.1, -0.05) is 26.0 Å². The van der Waals surface area contributed by atoms with E-state index in [0.717, 1.165) is 0 Å². The number of amides is 5. The molecule has 1 aromatic rings. The lowest BCUT2D eigenvalue weighted by Crippen LogP contribution is -2.54. The molecule has 0 saturated carbocycles. The molecule has 0 radical (unpaired) electrons. The number of phenols is 1. The number of carbonyl (C=O) groups excluding carboxylic acids is 5. The molecule has 1 aromatic carbocycles. The molecular formula is C23H33N5O7. The highest BCUT2D eigenvalue weighted by Crippen LogP contribution is 2.23. The number of nitrogens with two attached hydrogens (primary N) is 1. The van der Waals surface area contributed by atoms with Crippen LogP contribution in [0.3, 0.4) is 0 Å². The van der Waals surface area contributed by atoms with E-state index in [4.69, 9.17) is 10.5 Å². The van der Waals surface area contributed by atoms with Crippen molar-refractivity contribution in [2.75, 3.05) is 13.1 Å². The minimum absolute atomic E-state index is 0.0307. The molecule has 12 nitrogen and oxygen atoms in total. The van der Waals surface area contributed by atoms with Gasteiger partial charge in [0.15, 0.2) is 12.2 Å². The van der Waals surface area contributed by atoms with Gasteiger partial charge in [-0.2, -0.15) is 0 Å². The summed E-state index contributed by atoms with van der Waals surface area (Å²) in [7, 11) is 0. The van der Waals surface area contributed by atoms with E-state index in [2.05, 4.69) is 21.3 Å². The maximum Gasteiger partial charge on any atom is 0.253 e. The molecule has 5 amide bonds. The number of aromatic hydroxyl groups is 1. The van der Waals surface area contributed by atoms with Gasteiger partial charge in [-0.15, -0.1) is 0 Å². The van der Waals surface area contributed by atoms with Crippen molar-refractivity contribution in [1.29, 1.82) is 0 Å². The van der Waals surface area contributed by atoms with E-state index in [1.807, 2.05) is 13.8 Å². The summed E-state index contributed by atoms with van der Waals surface area (Å²) in [6.45, 7) is 5.52. The van der Waals surface area contributed by atoms with E-state index in [1.165, 1.54) is 19.1 Å². The number of hydrogen-bond donors (Lipinski definition) is 6. The molecular weight excluding hydrogens is 458 g/mol. The van der Waals surface area contributed by atoms with Gasteiger partial charge in [0.25, 0.3) is 11.8 Å². The lowest BCUT2D eigenvalue weighted by molar-refractivity contribution is -0.132. The Hall–Kier alpha value is -3.67. The molecule has 0 aliphatic carbocycles. The van der Waals surface area contributed by atoms with Crippen LogP contribution in [0.4, 0.5) is 0 Å². The van der Waals surface area contributed by atoms with E-state index in [0.29, 0.717) is 5.56 Å². The highest BCUT2D eigenvalue weighted by Gasteiger charge is 2.50. The van der Waals surface area contributed by atoms with E-state index >= 15 is 0 Å². The number of primary amides is 1. The summed E-state index contributed by atoms with van der Waals surface area (Å²) >= 11 is 0. The summed E-state index contributed by atoms with van der Waals surface area (Å²) in [5.41, 5.74) is 6.14. The van der Waals surface area contributed by atoms with Gasteiger partial charge in [0.2, 0.25) is 17.7 Å². The van der Waals surface area contributed by atoms with Gasteiger partial charge in [-0.25, -0.2) is 0 Å². The Balaban J connectivity index is 1.93. The van der Waals surface area contributed by atoms with Crippen LogP contribution in [0.15, 0.2) is 24.3 Å². The minimum atomic E-state index is -1.04. The molecule has 3 unspecified atom stereocenters. The van der Waals surface area contributed by atoms with Crippen LogP contribution >= 0.6 is 0 Å². The van der Waals surface area contributed by atoms with Crippen LogP contribution in [-0.2, 0) is 35.1 Å². The highest BCUT2D eigenvalue weighted by molar-refractivity contribution is 5.97. The molecule has 0 aromatic heterocycles. The molecule has 1 aliphatic rings. The van der Waals surface area contributed by atoms with E-state index in [1.54, 1.807) is 12.1 Å². The minimum Gasteiger partial charge on any atom is -0.508 e. The van der Waals surface area contributed by atoms with Crippen LogP contribution in [0.2, 0.25) is 0 Å². The lowest BCUT2D eigenvalue weighted by atomic mass is 10.0. The van der Waals surface area contributed by atoms with Gasteiger partial charge in [-0.3, -0.25) is 24.0 Å². The van der Waals surface area contributed by atoms with Crippen LogP contribution in [0.25, 0.3) is 0 Å². The normalized spacial score (nSPS) is 18.2. The third kappa shape index (κ3) is 9.24. The number of carbonyl (C=O) groups is 5. The van der Waals surface area contributed by atoms with Crippen LogP contribution < -0.4 is 27.0 Å². The molecule has 1 heterocycles. The zero-order valence-corrected chi connectivity index (χ0v) is 20.0. The topological polar surface area (TPSA) is 192 Å². The SMILES string of the molecule is CC(=O)NCCNC(=O)C1OC1C(=O)N[C@@H](CC(C)C)C(=O)NC(Cc1ccc(O)cc1)C(N)=O.